The molecule has 0 N–H and O–H groups in total. The zero-order valence-corrected chi connectivity index (χ0v) is 12.1. The maximum absolute atomic E-state index is 11.5. The Balaban J connectivity index is 4.51. The molecule has 0 radical (unpaired) electrons. The smallest absolute Gasteiger partial charge is 0.304 e. The van der Waals surface area contributed by atoms with Gasteiger partial charge in [0.15, 0.2) is 0 Å². The summed E-state index contributed by atoms with van der Waals surface area (Å²) in [5, 5.41) is 8.77. The molecule has 0 fully saturated rings. The molecule has 0 rings (SSSR count). The highest BCUT2D eigenvalue weighted by molar-refractivity contribution is 6.73. The first-order valence-corrected chi connectivity index (χ1v) is 8.62. The summed E-state index contributed by atoms with van der Waals surface area (Å²) in [7, 11) is -1.94. The van der Waals surface area contributed by atoms with Crippen LogP contribution in [-0.2, 0) is 14.3 Å². The first-order chi connectivity index (χ1) is 8.09. The van der Waals surface area contributed by atoms with Crippen molar-refractivity contribution in [1.29, 1.82) is 5.26 Å². The van der Waals surface area contributed by atoms with Crippen LogP contribution in [0, 0.1) is 11.3 Å². The SMILES string of the molecule is CCC=C(C#N)C(=O)OO[Si](CC)(CC)CC. The molecule has 0 aromatic carbocycles. The average molecular weight is 255 g/mol. The summed E-state index contributed by atoms with van der Waals surface area (Å²) in [6.45, 7) is 7.98. The van der Waals surface area contributed by atoms with E-state index >= 15 is 0 Å². The number of hydrogen-bond donors (Lipinski definition) is 0. The third kappa shape index (κ3) is 4.71. The molecular weight excluding hydrogens is 234 g/mol. The highest BCUT2D eigenvalue weighted by Gasteiger charge is 2.32. The fourth-order valence-electron chi connectivity index (χ4n) is 1.48. The molecule has 0 amide bonds. The lowest BCUT2D eigenvalue weighted by atomic mass is 10.2. The van der Waals surface area contributed by atoms with Gasteiger partial charge in [0, 0.05) is 0 Å². The Hall–Kier alpha value is -1.12. The van der Waals surface area contributed by atoms with Gasteiger partial charge in [-0.25, -0.2) is 9.37 Å². The van der Waals surface area contributed by atoms with Crippen LogP contribution in [0.3, 0.4) is 0 Å². The van der Waals surface area contributed by atoms with E-state index in [1.165, 1.54) is 0 Å². The summed E-state index contributed by atoms with van der Waals surface area (Å²) in [5.41, 5.74) is 0.0127. The third-order valence-corrected chi connectivity index (χ3v) is 7.28. The molecule has 0 saturated carbocycles. The average Bonchev–Trinajstić information content (AvgIpc) is 2.38. The van der Waals surface area contributed by atoms with Gasteiger partial charge < -0.3 is 4.89 Å². The number of allylic oxidation sites excluding steroid dienone is 1. The van der Waals surface area contributed by atoms with Crippen LogP contribution in [0.2, 0.25) is 18.1 Å². The standard InChI is InChI=1S/C12H21NO3Si/c1-5-9-11(10-13)12(14)15-16-17(6-2,7-3)8-4/h9H,5-8H2,1-4H3. The van der Waals surface area contributed by atoms with E-state index in [4.69, 9.17) is 14.7 Å². The van der Waals surface area contributed by atoms with Gasteiger partial charge in [0.25, 0.3) is 8.32 Å². The second-order valence-corrected chi connectivity index (χ2v) is 8.49. The van der Waals surface area contributed by atoms with E-state index in [0.717, 1.165) is 18.1 Å². The van der Waals surface area contributed by atoms with Crippen LogP contribution in [0.25, 0.3) is 0 Å². The van der Waals surface area contributed by atoms with Gasteiger partial charge in [-0.3, -0.25) is 0 Å². The monoisotopic (exact) mass is 255 g/mol. The van der Waals surface area contributed by atoms with Crippen LogP contribution < -0.4 is 0 Å². The fraction of sp³-hybridized carbons (Fsp3) is 0.667. The normalized spacial score (nSPS) is 12.1. The first kappa shape index (κ1) is 15.9. The van der Waals surface area contributed by atoms with Crippen molar-refractivity contribution in [3.05, 3.63) is 11.6 Å². The van der Waals surface area contributed by atoms with Crippen molar-refractivity contribution in [2.45, 2.75) is 52.2 Å². The van der Waals surface area contributed by atoms with E-state index in [1.807, 2.05) is 33.8 Å². The molecule has 0 aliphatic heterocycles. The first-order valence-electron chi connectivity index (χ1n) is 6.09. The molecule has 0 unspecified atom stereocenters. The van der Waals surface area contributed by atoms with Crippen LogP contribution in [0.1, 0.15) is 34.1 Å². The van der Waals surface area contributed by atoms with Gasteiger partial charge in [0.2, 0.25) is 0 Å². The van der Waals surface area contributed by atoms with E-state index in [9.17, 15) is 4.79 Å². The lowest BCUT2D eigenvalue weighted by Gasteiger charge is -2.24. The maximum atomic E-state index is 11.5. The zero-order valence-electron chi connectivity index (χ0n) is 11.1. The molecule has 0 aromatic heterocycles. The Morgan fingerprint density at radius 2 is 1.76 bits per heavy atom. The zero-order chi connectivity index (χ0) is 13.3. The fourth-order valence-corrected chi connectivity index (χ4v) is 3.58. The molecule has 0 saturated heterocycles. The second kappa shape index (κ2) is 8.04. The van der Waals surface area contributed by atoms with E-state index < -0.39 is 14.3 Å². The Morgan fingerprint density at radius 1 is 1.24 bits per heavy atom. The van der Waals surface area contributed by atoms with Crippen LogP contribution in [0.4, 0.5) is 0 Å². The molecule has 17 heavy (non-hydrogen) atoms. The molecule has 0 spiro atoms. The Bertz CT molecular complexity index is 308. The minimum absolute atomic E-state index is 0.0127. The van der Waals surface area contributed by atoms with Crippen LogP contribution in [-0.4, -0.2) is 14.3 Å². The number of carbonyl (C=O) groups is 1. The van der Waals surface area contributed by atoms with E-state index in [1.54, 1.807) is 6.08 Å². The summed E-state index contributed by atoms with van der Waals surface area (Å²) in [5.74, 6) is -0.679. The second-order valence-electron chi connectivity index (χ2n) is 3.84. The van der Waals surface area contributed by atoms with Crippen molar-refractivity contribution in [2.75, 3.05) is 0 Å². The van der Waals surface area contributed by atoms with Crippen LogP contribution >= 0.6 is 0 Å². The third-order valence-electron chi connectivity index (χ3n) is 2.98. The minimum atomic E-state index is -1.94. The minimum Gasteiger partial charge on any atom is -0.304 e. The molecule has 4 nitrogen and oxygen atoms in total. The van der Waals surface area contributed by atoms with Crippen molar-refractivity contribution >= 4 is 14.3 Å². The van der Waals surface area contributed by atoms with Gasteiger partial charge >= 0.3 is 5.97 Å². The highest BCUT2D eigenvalue weighted by Crippen LogP contribution is 2.22. The number of nitrogens with zero attached hydrogens (tertiary/aromatic N) is 1. The Morgan fingerprint density at radius 3 is 2.12 bits per heavy atom. The number of carbonyl (C=O) groups excluding carboxylic acids is 1. The van der Waals surface area contributed by atoms with Gasteiger partial charge in [0.05, 0.1) is 0 Å². The topological polar surface area (TPSA) is 59.3 Å². The molecule has 0 aromatic rings. The largest absolute Gasteiger partial charge is 0.381 e. The number of nitriles is 1. The lowest BCUT2D eigenvalue weighted by molar-refractivity contribution is -0.215. The predicted octanol–water partition coefficient (Wildman–Crippen LogP) is 3.33. The summed E-state index contributed by atoms with van der Waals surface area (Å²) in [4.78, 5) is 16.4. The highest BCUT2D eigenvalue weighted by atomic mass is 28.4. The quantitative estimate of drug-likeness (QED) is 0.230. The van der Waals surface area contributed by atoms with Gasteiger partial charge in [0.1, 0.15) is 11.6 Å². The molecular formula is C12H21NO3Si. The molecule has 0 aliphatic rings. The molecule has 5 heteroatoms. The van der Waals surface area contributed by atoms with E-state index in [-0.39, 0.29) is 5.57 Å². The van der Waals surface area contributed by atoms with Gasteiger partial charge in [-0.2, -0.15) is 5.26 Å². The Labute approximate surface area is 104 Å². The van der Waals surface area contributed by atoms with Gasteiger partial charge in [-0.15, -0.1) is 0 Å². The van der Waals surface area contributed by atoms with Crippen LogP contribution in [0.15, 0.2) is 11.6 Å². The molecule has 96 valence electrons. The molecule has 0 aliphatic carbocycles. The van der Waals surface area contributed by atoms with Gasteiger partial charge in [-0.1, -0.05) is 33.8 Å². The van der Waals surface area contributed by atoms with Crippen molar-refractivity contribution in [1.82, 2.24) is 0 Å². The summed E-state index contributed by atoms with van der Waals surface area (Å²) < 4.78 is 5.37. The molecule has 0 heterocycles. The number of rotatable bonds is 7. The number of hydrogen-bond acceptors (Lipinski definition) is 4. The van der Waals surface area contributed by atoms with E-state index in [0.29, 0.717) is 6.42 Å². The van der Waals surface area contributed by atoms with Crippen molar-refractivity contribution in [2.24, 2.45) is 0 Å². The predicted molar refractivity (Wildman–Crippen MR) is 68.4 cm³/mol. The van der Waals surface area contributed by atoms with Crippen molar-refractivity contribution in [3.8, 4) is 6.07 Å². The summed E-state index contributed by atoms with van der Waals surface area (Å²) >= 11 is 0. The van der Waals surface area contributed by atoms with E-state index in [2.05, 4.69) is 0 Å². The molecule has 0 atom stereocenters. The van der Waals surface area contributed by atoms with Crippen molar-refractivity contribution in [3.63, 3.8) is 0 Å². The van der Waals surface area contributed by atoms with Gasteiger partial charge in [-0.05, 0) is 24.6 Å². The summed E-state index contributed by atoms with van der Waals surface area (Å²) in [6.07, 6.45) is 2.16. The summed E-state index contributed by atoms with van der Waals surface area (Å²) in [6, 6.07) is 4.50. The Kier molecular flexibility index (Phi) is 7.51. The lowest BCUT2D eigenvalue weighted by Crippen LogP contribution is -2.36. The van der Waals surface area contributed by atoms with Crippen LogP contribution in [0.5, 0.6) is 0 Å². The van der Waals surface area contributed by atoms with Crippen molar-refractivity contribution < 1.29 is 14.3 Å². The maximum Gasteiger partial charge on any atom is 0.381 e. The molecule has 0 bridgehead atoms.